The quantitative estimate of drug-likeness (QED) is 0.603. The van der Waals surface area contributed by atoms with Crippen LogP contribution in [0.5, 0.6) is 0 Å². The van der Waals surface area contributed by atoms with Crippen molar-refractivity contribution >= 4 is 5.78 Å². The van der Waals surface area contributed by atoms with Crippen LogP contribution >= 0.6 is 0 Å². The first-order chi connectivity index (χ1) is 8.26. The molecule has 0 bridgehead atoms. The van der Waals surface area contributed by atoms with Gasteiger partial charge in [0.2, 0.25) is 0 Å². The molecule has 1 heterocycles. The largest absolute Gasteiger partial charge is 0.303 e. The highest BCUT2D eigenvalue weighted by atomic mass is 16.1. The Kier molecular flexibility index (Phi) is 7.50. The zero-order valence-corrected chi connectivity index (χ0v) is 11.7. The lowest BCUT2D eigenvalue weighted by Crippen LogP contribution is -2.34. The number of nitrogens with zero attached hydrogens (tertiary/aromatic N) is 1. The molecule has 100 valence electrons. The topological polar surface area (TPSA) is 20.3 Å². The van der Waals surface area contributed by atoms with Crippen LogP contribution in [0.4, 0.5) is 0 Å². The highest BCUT2D eigenvalue weighted by molar-refractivity contribution is 5.77. The summed E-state index contributed by atoms with van der Waals surface area (Å²) in [5, 5.41) is 0. The first-order valence-electron chi connectivity index (χ1n) is 7.50. The summed E-state index contributed by atoms with van der Waals surface area (Å²) in [6.45, 7) is 8.02. The van der Waals surface area contributed by atoms with Gasteiger partial charge in [0.25, 0.3) is 0 Å². The molecule has 0 aromatic rings. The molecule has 0 unspecified atom stereocenters. The SMILES string of the molecule is CCCC1CCN(CCCCC(=O)CC)CC1. The minimum absolute atomic E-state index is 0.423. The van der Waals surface area contributed by atoms with Crippen molar-refractivity contribution in [3.8, 4) is 0 Å². The zero-order chi connectivity index (χ0) is 12.5. The maximum atomic E-state index is 11.2. The Hall–Kier alpha value is -0.370. The van der Waals surface area contributed by atoms with Crippen molar-refractivity contribution in [3.63, 3.8) is 0 Å². The Bertz CT molecular complexity index is 207. The highest BCUT2D eigenvalue weighted by Crippen LogP contribution is 2.21. The molecule has 1 aliphatic heterocycles. The zero-order valence-electron chi connectivity index (χ0n) is 11.7. The van der Waals surface area contributed by atoms with Gasteiger partial charge >= 0.3 is 0 Å². The van der Waals surface area contributed by atoms with Crippen molar-refractivity contribution in [1.29, 1.82) is 0 Å². The Labute approximate surface area is 107 Å². The first-order valence-corrected chi connectivity index (χ1v) is 7.50. The van der Waals surface area contributed by atoms with Crippen LogP contribution in [0.25, 0.3) is 0 Å². The van der Waals surface area contributed by atoms with Gasteiger partial charge < -0.3 is 4.90 Å². The van der Waals surface area contributed by atoms with E-state index in [4.69, 9.17) is 0 Å². The molecule has 0 spiro atoms. The minimum atomic E-state index is 0.423. The third-order valence-electron chi connectivity index (χ3n) is 3.98. The molecule has 2 nitrogen and oxygen atoms in total. The molecule has 0 N–H and O–H groups in total. The van der Waals surface area contributed by atoms with Crippen LogP contribution in [-0.2, 0) is 4.79 Å². The summed E-state index contributed by atoms with van der Waals surface area (Å²) in [7, 11) is 0. The van der Waals surface area contributed by atoms with Gasteiger partial charge in [0, 0.05) is 12.8 Å². The van der Waals surface area contributed by atoms with E-state index in [9.17, 15) is 4.79 Å². The van der Waals surface area contributed by atoms with Crippen molar-refractivity contribution < 1.29 is 4.79 Å². The van der Waals surface area contributed by atoms with E-state index in [1.54, 1.807) is 0 Å². The number of hydrogen-bond donors (Lipinski definition) is 0. The van der Waals surface area contributed by atoms with E-state index in [1.807, 2.05) is 6.92 Å². The van der Waals surface area contributed by atoms with Crippen molar-refractivity contribution in [2.75, 3.05) is 19.6 Å². The van der Waals surface area contributed by atoms with E-state index in [1.165, 1.54) is 51.7 Å². The van der Waals surface area contributed by atoms with Crippen molar-refractivity contribution in [2.45, 2.75) is 65.2 Å². The van der Waals surface area contributed by atoms with Crippen LogP contribution in [-0.4, -0.2) is 30.3 Å². The maximum Gasteiger partial charge on any atom is 0.132 e. The number of ketones is 1. The summed E-state index contributed by atoms with van der Waals surface area (Å²) in [4.78, 5) is 13.8. The van der Waals surface area contributed by atoms with Gasteiger partial charge in [-0.05, 0) is 51.2 Å². The average Bonchev–Trinajstić information content (AvgIpc) is 2.36. The normalized spacial score (nSPS) is 18.5. The summed E-state index contributed by atoms with van der Waals surface area (Å²) >= 11 is 0. The molecule has 17 heavy (non-hydrogen) atoms. The van der Waals surface area contributed by atoms with Gasteiger partial charge in [0.05, 0.1) is 0 Å². The van der Waals surface area contributed by atoms with Crippen LogP contribution in [0.2, 0.25) is 0 Å². The lowest BCUT2D eigenvalue weighted by molar-refractivity contribution is -0.118. The standard InChI is InChI=1S/C15H29NO/c1-3-7-14-9-12-16(13-10-14)11-6-5-8-15(17)4-2/h14H,3-13H2,1-2H3. The van der Waals surface area contributed by atoms with Gasteiger partial charge in [0.15, 0.2) is 0 Å². The molecule has 1 fully saturated rings. The second kappa shape index (κ2) is 8.68. The van der Waals surface area contributed by atoms with Gasteiger partial charge in [-0.15, -0.1) is 0 Å². The monoisotopic (exact) mass is 239 g/mol. The predicted molar refractivity (Wildman–Crippen MR) is 73.2 cm³/mol. The van der Waals surface area contributed by atoms with Crippen molar-refractivity contribution in [3.05, 3.63) is 0 Å². The van der Waals surface area contributed by atoms with E-state index >= 15 is 0 Å². The van der Waals surface area contributed by atoms with Gasteiger partial charge in [-0.3, -0.25) is 4.79 Å². The molecular weight excluding hydrogens is 210 g/mol. The van der Waals surface area contributed by atoms with E-state index in [0.29, 0.717) is 12.2 Å². The molecule has 0 atom stereocenters. The van der Waals surface area contributed by atoms with Crippen molar-refractivity contribution in [2.24, 2.45) is 5.92 Å². The van der Waals surface area contributed by atoms with Crippen LogP contribution in [0.3, 0.4) is 0 Å². The van der Waals surface area contributed by atoms with Crippen LogP contribution in [0, 0.1) is 5.92 Å². The van der Waals surface area contributed by atoms with E-state index in [0.717, 1.165) is 18.8 Å². The first kappa shape index (κ1) is 14.7. The number of likely N-dealkylation sites (tertiary alicyclic amines) is 1. The molecule has 2 heteroatoms. The lowest BCUT2D eigenvalue weighted by atomic mass is 9.92. The number of unbranched alkanes of at least 4 members (excludes halogenated alkanes) is 1. The second-order valence-electron chi connectivity index (χ2n) is 5.42. The Balaban J connectivity index is 2.00. The lowest BCUT2D eigenvalue weighted by Gasteiger charge is -2.31. The number of Topliss-reactive ketones (excluding diaryl/α,β-unsaturated/α-hetero) is 1. The summed E-state index contributed by atoms with van der Waals surface area (Å²) in [6, 6.07) is 0. The smallest absolute Gasteiger partial charge is 0.132 e. The van der Waals surface area contributed by atoms with Gasteiger partial charge in [-0.1, -0.05) is 26.7 Å². The van der Waals surface area contributed by atoms with E-state index in [-0.39, 0.29) is 0 Å². The fraction of sp³-hybridized carbons (Fsp3) is 0.933. The van der Waals surface area contributed by atoms with E-state index < -0.39 is 0 Å². The van der Waals surface area contributed by atoms with Gasteiger partial charge in [0.1, 0.15) is 5.78 Å². The Morgan fingerprint density at radius 1 is 1.18 bits per heavy atom. The molecular formula is C15H29NO. The predicted octanol–water partition coefficient (Wildman–Crippen LogP) is 3.65. The second-order valence-corrected chi connectivity index (χ2v) is 5.42. The molecule has 0 aliphatic carbocycles. The fourth-order valence-electron chi connectivity index (χ4n) is 2.74. The number of rotatable bonds is 8. The average molecular weight is 239 g/mol. The van der Waals surface area contributed by atoms with E-state index in [2.05, 4.69) is 11.8 Å². The third kappa shape index (κ3) is 6.21. The Morgan fingerprint density at radius 3 is 2.47 bits per heavy atom. The molecule has 0 saturated carbocycles. The summed E-state index contributed by atoms with van der Waals surface area (Å²) in [5.74, 6) is 1.41. The molecule has 0 radical (unpaired) electrons. The highest BCUT2D eigenvalue weighted by Gasteiger charge is 2.17. The number of carbonyl (C=O) groups is 1. The number of piperidine rings is 1. The molecule has 0 aromatic carbocycles. The molecule has 1 rings (SSSR count). The summed E-state index contributed by atoms with van der Waals surface area (Å²) < 4.78 is 0. The summed E-state index contributed by atoms with van der Waals surface area (Å²) in [5.41, 5.74) is 0. The molecule has 0 amide bonds. The van der Waals surface area contributed by atoms with Gasteiger partial charge in [-0.25, -0.2) is 0 Å². The maximum absolute atomic E-state index is 11.2. The third-order valence-corrected chi connectivity index (χ3v) is 3.98. The Morgan fingerprint density at radius 2 is 1.88 bits per heavy atom. The van der Waals surface area contributed by atoms with Crippen LogP contribution in [0.1, 0.15) is 65.2 Å². The minimum Gasteiger partial charge on any atom is -0.303 e. The molecule has 1 aliphatic rings. The number of carbonyl (C=O) groups excluding carboxylic acids is 1. The van der Waals surface area contributed by atoms with Gasteiger partial charge in [-0.2, -0.15) is 0 Å². The van der Waals surface area contributed by atoms with Crippen molar-refractivity contribution in [1.82, 2.24) is 4.90 Å². The molecule has 1 saturated heterocycles. The molecule has 0 aromatic heterocycles. The van der Waals surface area contributed by atoms with Crippen LogP contribution < -0.4 is 0 Å². The van der Waals surface area contributed by atoms with Crippen LogP contribution in [0.15, 0.2) is 0 Å². The summed E-state index contributed by atoms with van der Waals surface area (Å²) in [6.07, 6.45) is 9.32. The fourth-order valence-corrected chi connectivity index (χ4v) is 2.74. The number of hydrogen-bond acceptors (Lipinski definition) is 2.